The summed E-state index contributed by atoms with van der Waals surface area (Å²) < 4.78 is 10.8. The lowest BCUT2D eigenvalue weighted by molar-refractivity contribution is 0.0674. The third-order valence-corrected chi connectivity index (χ3v) is 3.45. The van der Waals surface area contributed by atoms with Gasteiger partial charge in [0, 0.05) is 19.3 Å². The number of guanidine groups is 1. The molecule has 0 aliphatic carbocycles. The van der Waals surface area contributed by atoms with E-state index in [1.54, 1.807) is 6.20 Å². The molecule has 0 amide bonds. The van der Waals surface area contributed by atoms with Gasteiger partial charge >= 0.3 is 0 Å². The molecule has 2 N–H and O–H groups in total. The van der Waals surface area contributed by atoms with Crippen LogP contribution in [0.4, 0.5) is 0 Å². The summed E-state index contributed by atoms with van der Waals surface area (Å²) in [6, 6.07) is 1.82. The zero-order valence-corrected chi connectivity index (χ0v) is 13.8. The smallest absolute Gasteiger partial charge is 0.232 e. The van der Waals surface area contributed by atoms with Crippen molar-refractivity contribution in [3.8, 4) is 5.88 Å². The Bertz CT molecular complexity index is 516. The zero-order chi connectivity index (χ0) is 15.9. The maximum atomic E-state index is 6.18. The predicted octanol–water partition coefficient (Wildman–Crippen LogP) is 1.92. The number of aromatic nitrogens is 1. The molecule has 0 aromatic carbocycles. The van der Waals surface area contributed by atoms with E-state index >= 15 is 0 Å². The van der Waals surface area contributed by atoms with Gasteiger partial charge in [0.05, 0.1) is 26.4 Å². The molecule has 1 saturated heterocycles. The highest BCUT2D eigenvalue weighted by molar-refractivity contribution is 6.31. The van der Waals surface area contributed by atoms with Gasteiger partial charge in [-0.25, -0.2) is 9.98 Å². The van der Waals surface area contributed by atoms with Crippen molar-refractivity contribution >= 4 is 17.6 Å². The lowest BCUT2D eigenvalue weighted by Gasteiger charge is -2.27. The van der Waals surface area contributed by atoms with E-state index in [2.05, 4.69) is 23.8 Å². The molecule has 22 heavy (non-hydrogen) atoms. The molecule has 0 bridgehead atoms. The van der Waals surface area contributed by atoms with Crippen LogP contribution in [0, 0.1) is 5.92 Å². The van der Waals surface area contributed by atoms with E-state index in [1.807, 2.05) is 11.0 Å². The third kappa shape index (κ3) is 5.03. The molecule has 1 aromatic rings. The number of pyridine rings is 1. The molecule has 0 spiro atoms. The van der Waals surface area contributed by atoms with Crippen LogP contribution in [-0.4, -0.2) is 48.8 Å². The topological polar surface area (TPSA) is 73.0 Å². The third-order valence-electron chi connectivity index (χ3n) is 3.18. The highest BCUT2D eigenvalue weighted by atomic mass is 35.5. The number of aliphatic imine (C=N–C) groups is 1. The first-order valence-electron chi connectivity index (χ1n) is 7.46. The monoisotopic (exact) mass is 326 g/mol. The lowest BCUT2D eigenvalue weighted by atomic mass is 10.2. The lowest BCUT2D eigenvalue weighted by Crippen LogP contribution is -2.44. The largest absolute Gasteiger partial charge is 0.476 e. The molecule has 7 heteroatoms. The number of hydrogen-bond donors (Lipinski definition) is 1. The Balaban J connectivity index is 1.93. The molecule has 0 radical (unpaired) electrons. The maximum absolute atomic E-state index is 6.18. The molecular weight excluding hydrogens is 304 g/mol. The molecule has 1 aliphatic rings. The first kappa shape index (κ1) is 16.8. The summed E-state index contributed by atoms with van der Waals surface area (Å²) in [5, 5.41) is 0.498. The van der Waals surface area contributed by atoms with Gasteiger partial charge in [-0.2, -0.15) is 0 Å². The Kier molecular flexibility index (Phi) is 6.27. The second-order valence-corrected chi connectivity index (χ2v) is 6.02. The maximum Gasteiger partial charge on any atom is 0.232 e. The van der Waals surface area contributed by atoms with Gasteiger partial charge in [0.1, 0.15) is 5.02 Å². The van der Waals surface area contributed by atoms with Crippen LogP contribution in [0.2, 0.25) is 5.02 Å². The highest BCUT2D eigenvalue weighted by Gasteiger charge is 2.12. The second-order valence-electron chi connectivity index (χ2n) is 5.61. The van der Waals surface area contributed by atoms with E-state index in [9.17, 15) is 0 Å². The van der Waals surface area contributed by atoms with Gasteiger partial charge in [0.15, 0.2) is 5.96 Å². The number of nitrogens with zero attached hydrogens (tertiary/aromatic N) is 3. The van der Waals surface area contributed by atoms with Crippen molar-refractivity contribution in [1.82, 2.24) is 9.88 Å². The van der Waals surface area contributed by atoms with Crippen molar-refractivity contribution in [2.75, 3.05) is 32.9 Å². The van der Waals surface area contributed by atoms with Gasteiger partial charge in [-0.05, 0) is 17.5 Å². The molecule has 2 rings (SSSR count). The van der Waals surface area contributed by atoms with Crippen molar-refractivity contribution < 1.29 is 9.47 Å². The van der Waals surface area contributed by atoms with Crippen molar-refractivity contribution in [3.05, 3.63) is 22.8 Å². The quantitative estimate of drug-likeness (QED) is 0.661. The fraction of sp³-hybridized carbons (Fsp3) is 0.600. The molecule has 122 valence electrons. The number of rotatable bonds is 5. The summed E-state index contributed by atoms with van der Waals surface area (Å²) in [6.45, 7) is 8.11. The highest BCUT2D eigenvalue weighted by Crippen LogP contribution is 2.23. The predicted molar refractivity (Wildman–Crippen MR) is 87.3 cm³/mol. The Morgan fingerprint density at radius 2 is 2.23 bits per heavy atom. The van der Waals surface area contributed by atoms with Crippen LogP contribution < -0.4 is 10.5 Å². The average Bonchev–Trinajstić information content (AvgIpc) is 2.52. The van der Waals surface area contributed by atoms with E-state index < -0.39 is 0 Å². The number of nitrogens with two attached hydrogens (primary N) is 1. The van der Waals surface area contributed by atoms with Crippen molar-refractivity contribution in [2.45, 2.75) is 20.4 Å². The average molecular weight is 327 g/mol. The van der Waals surface area contributed by atoms with Gasteiger partial charge < -0.3 is 20.1 Å². The molecule has 6 nitrogen and oxygen atoms in total. The van der Waals surface area contributed by atoms with Crippen molar-refractivity contribution in [2.24, 2.45) is 16.6 Å². The first-order chi connectivity index (χ1) is 10.6. The Hall–Kier alpha value is -1.53. The number of hydrogen-bond acceptors (Lipinski definition) is 4. The Morgan fingerprint density at radius 1 is 1.50 bits per heavy atom. The fourth-order valence-corrected chi connectivity index (χ4v) is 2.21. The van der Waals surface area contributed by atoms with Crippen LogP contribution in [-0.2, 0) is 11.3 Å². The van der Waals surface area contributed by atoms with Gasteiger partial charge in [-0.1, -0.05) is 25.4 Å². The number of morpholine rings is 1. The fourth-order valence-electron chi connectivity index (χ4n) is 1.97. The molecule has 2 heterocycles. The Labute approximate surface area is 136 Å². The van der Waals surface area contributed by atoms with Crippen LogP contribution in [0.25, 0.3) is 0 Å². The van der Waals surface area contributed by atoms with Crippen molar-refractivity contribution in [1.29, 1.82) is 0 Å². The van der Waals surface area contributed by atoms with Crippen molar-refractivity contribution in [3.63, 3.8) is 0 Å². The van der Waals surface area contributed by atoms with Crippen LogP contribution >= 0.6 is 11.6 Å². The molecule has 0 saturated carbocycles. The summed E-state index contributed by atoms with van der Waals surface area (Å²) >= 11 is 6.18. The second kappa shape index (κ2) is 8.19. The zero-order valence-electron chi connectivity index (χ0n) is 13.1. The van der Waals surface area contributed by atoms with Crippen LogP contribution in [0.3, 0.4) is 0 Å². The minimum Gasteiger partial charge on any atom is -0.476 e. The summed E-state index contributed by atoms with van der Waals surface area (Å²) in [5.74, 6) is 1.42. The van der Waals surface area contributed by atoms with Gasteiger partial charge in [-0.15, -0.1) is 0 Å². The van der Waals surface area contributed by atoms with Gasteiger partial charge in [0.2, 0.25) is 5.88 Å². The van der Waals surface area contributed by atoms with E-state index in [-0.39, 0.29) is 0 Å². The minimum atomic E-state index is 0.426. The summed E-state index contributed by atoms with van der Waals surface area (Å²) in [6.07, 6.45) is 1.72. The van der Waals surface area contributed by atoms with Gasteiger partial charge in [-0.3, -0.25) is 0 Å². The van der Waals surface area contributed by atoms with Crippen LogP contribution in [0.5, 0.6) is 5.88 Å². The normalized spacial score (nSPS) is 16.2. The van der Waals surface area contributed by atoms with E-state index in [0.717, 1.165) is 18.7 Å². The number of ether oxygens (including phenoxy) is 2. The SMILES string of the molecule is CC(C)COc1ncc(CN=C(N)N2CCOCC2)cc1Cl. The number of halogens is 1. The Morgan fingerprint density at radius 3 is 2.86 bits per heavy atom. The molecule has 1 aromatic heterocycles. The molecule has 0 unspecified atom stereocenters. The molecule has 1 aliphatic heterocycles. The first-order valence-corrected chi connectivity index (χ1v) is 7.84. The van der Waals surface area contributed by atoms with E-state index in [4.69, 9.17) is 26.8 Å². The summed E-state index contributed by atoms with van der Waals surface area (Å²) in [5.41, 5.74) is 6.89. The molecule has 0 atom stereocenters. The van der Waals surface area contributed by atoms with Crippen LogP contribution in [0.1, 0.15) is 19.4 Å². The minimum absolute atomic E-state index is 0.426. The molecule has 1 fully saturated rings. The molecular formula is C15H23ClN4O2. The summed E-state index contributed by atoms with van der Waals surface area (Å²) in [4.78, 5) is 10.6. The van der Waals surface area contributed by atoms with E-state index in [0.29, 0.717) is 49.1 Å². The summed E-state index contributed by atoms with van der Waals surface area (Å²) in [7, 11) is 0. The van der Waals surface area contributed by atoms with Gasteiger partial charge in [0.25, 0.3) is 0 Å². The standard InChI is InChI=1S/C15H23ClN4O2/c1-11(2)10-22-14-13(16)7-12(8-18-14)9-19-15(17)20-3-5-21-6-4-20/h7-8,11H,3-6,9-10H2,1-2H3,(H2,17,19). The van der Waals surface area contributed by atoms with Crippen LogP contribution in [0.15, 0.2) is 17.3 Å². The van der Waals surface area contributed by atoms with E-state index in [1.165, 1.54) is 0 Å².